The standard InChI is InChI=1S/C25H19ClN2O2S/c26-20-13-7-6-12-19(20)21-23(28-30)31-24(27-17-9-2-1-3-10-17)25(21)15-14-16-8-4-5-11-18(16)22(25)29/h1-13,21,30H,14-15H2/b27-24?,28-23-/t21-,25-/m0/s1. The van der Waals surface area contributed by atoms with Crippen LogP contribution in [-0.2, 0) is 6.42 Å². The molecule has 0 radical (unpaired) electrons. The Morgan fingerprint density at radius 2 is 1.68 bits per heavy atom. The summed E-state index contributed by atoms with van der Waals surface area (Å²) in [6.07, 6.45) is 1.30. The number of carbonyl (C=O) groups is 1. The number of halogens is 1. The average Bonchev–Trinajstić information content (AvgIpc) is 3.11. The lowest BCUT2D eigenvalue weighted by atomic mass is 9.62. The van der Waals surface area contributed by atoms with Crippen LogP contribution in [-0.4, -0.2) is 21.1 Å². The predicted molar refractivity (Wildman–Crippen MR) is 126 cm³/mol. The van der Waals surface area contributed by atoms with Gasteiger partial charge in [0, 0.05) is 10.6 Å². The first kappa shape index (κ1) is 20.0. The highest BCUT2D eigenvalue weighted by Crippen LogP contribution is 2.58. The molecule has 31 heavy (non-hydrogen) atoms. The monoisotopic (exact) mass is 446 g/mol. The summed E-state index contributed by atoms with van der Waals surface area (Å²) < 4.78 is 0. The van der Waals surface area contributed by atoms with Crippen molar-refractivity contribution in [3.63, 3.8) is 0 Å². The Kier molecular flexibility index (Phi) is 5.16. The molecule has 5 rings (SSSR count). The van der Waals surface area contributed by atoms with E-state index in [-0.39, 0.29) is 5.78 Å². The molecule has 1 N–H and O–H groups in total. The van der Waals surface area contributed by atoms with Crippen molar-refractivity contribution in [2.45, 2.75) is 18.8 Å². The third kappa shape index (κ3) is 3.20. The molecule has 1 aliphatic heterocycles. The number of Topliss-reactive ketones (excluding diaryl/α,β-unsaturated/α-hetero) is 1. The number of hydrogen-bond donors (Lipinski definition) is 1. The zero-order valence-corrected chi connectivity index (χ0v) is 18.1. The van der Waals surface area contributed by atoms with Gasteiger partial charge in [-0.3, -0.25) is 4.79 Å². The summed E-state index contributed by atoms with van der Waals surface area (Å²) in [6.45, 7) is 0. The Labute approximate surface area is 189 Å². The summed E-state index contributed by atoms with van der Waals surface area (Å²) in [5.74, 6) is -0.500. The number of ketones is 1. The Morgan fingerprint density at radius 1 is 0.968 bits per heavy atom. The molecule has 1 aliphatic carbocycles. The average molecular weight is 447 g/mol. The zero-order valence-electron chi connectivity index (χ0n) is 16.5. The van der Waals surface area contributed by atoms with E-state index in [0.717, 1.165) is 23.2 Å². The van der Waals surface area contributed by atoms with Crippen LogP contribution < -0.4 is 0 Å². The topological polar surface area (TPSA) is 62.0 Å². The van der Waals surface area contributed by atoms with Crippen LogP contribution in [0.4, 0.5) is 5.69 Å². The van der Waals surface area contributed by atoms with Crippen LogP contribution in [0.15, 0.2) is 89.0 Å². The first-order valence-electron chi connectivity index (χ1n) is 10.1. The number of para-hydroxylation sites is 1. The molecule has 1 saturated heterocycles. The van der Waals surface area contributed by atoms with Crippen LogP contribution in [0, 0.1) is 5.41 Å². The Balaban J connectivity index is 1.77. The Bertz CT molecular complexity index is 1220. The molecular formula is C25H19ClN2O2S. The van der Waals surface area contributed by atoms with Crippen molar-refractivity contribution in [1.29, 1.82) is 0 Å². The highest BCUT2D eigenvalue weighted by atomic mass is 35.5. The van der Waals surface area contributed by atoms with Gasteiger partial charge >= 0.3 is 0 Å². The van der Waals surface area contributed by atoms with Gasteiger partial charge in [0.2, 0.25) is 0 Å². The largest absolute Gasteiger partial charge is 0.410 e. The number of fused-ring (bicyclic) bond motifs is 1. The summed E-state index contributed by atoms with van der Waals surface area (Å²) in [7, 11) is 0. The van der Waals surface area contributed by atoms with E-state index < -0.39 is 11.3 Å². The molecule has 2 aliphatic rings. The van der Waals surface area contributed by atoms with Gasteiger partial charge in [0.05, 0.1) is 22.1 Å². The van der Waals surface area contributed by atoms with Gasteiger partial charge in [-0.15, -0.1) is 0 Å². The Morgan fingerprint density at radius 3 is 2.45 bits per heavy atom. The lowest BCUT2D eigenvalue weighted by Crippen LogP contribution is -2.44. The number of aliphatic imine (C=N–C) groups is 1. The van der Waals surface area contributed by atoms with Gasteiger partial charge in [-0.05, 0) is 42.2 Å². The van der Waals surface area contributed by atoms with Crippen LogP contribution in [0.25, 0.3) is 0 Å². The highest BCUT2D eigenvalue weighted by Gasteiger charge is 2.60. The summed E-state index contributed by atoms with van der Waals surface area (Å²) in [5.41, 5.74) is 2.30. The lowest BCUT2D eigenvalue weighted by molar-refractivity contribution is 0.0843. The summed E-state index contributed by atoms with van der Waals surface area (Å²) in [6, 6.07) is 24.7. The number of rotatable bonds is 2. The lowest BCUT2D eigenvalue weighted by Gasteiger charge is -2.37. The van der Waals surface area contributed by atoms with Crippen LogP contribution >= 0.6 is 23.4 Å². The number of thioether (sulfide) groups is 1. The maximum absolute atomic E-state index is 14.1. The molecule has 3 aromatic carbocycles. The number of benzene rings is 3. The van der Waals surface area contributed by atoms with E-state index in [0.29, 0.717) is 27.1 Å². The van der Waals surface area contributed by atoms with Crippen molar-refractivity contribution in [3.05, 3.63) is 101 Å². The molecule has 0 amide bonds. The smallest absolute Gasteiger partial charge is 0.176 e. The molecule has 2 atom stereocenters. The van der Waals surface area contributed by atoms with E-state index in [1.165, 1.54) is 11.8 Å². The SMILES string of the molecule is O=C1c2ccccc2CC[C@@]12C(=Nc1ccccc1)S/C(=N\O)[C@@H]2c1ccccc1Cl. The van der Waals surface area contributed by atoms with Crippen molar-refractivity contribution < 1.29 is 10.0 Å². The van der Waals surface area contributed by atoms with Gasteiger partial charge in [0.15, 0.2) is 5.78 Å². The second-order valence-electron chi connectivity index (χ2n) is 7.70. The molecule has 0 bridgehead atoms. The fraction of sp³-hybridized carbons (Fsp3) is 0.160. The summed E-state index contributed by atoms with van der Waals surface area (Å²) >= 11 is 7.86. The van der Waals surface area contributed by atoms with Crippen molar-refractivity contribution in [2.75, 3.05) is 0 Å². The number of oxime groups is 1. The first-order chi connectivity index (χ1) is 15.1. The van der Waals surface area contributed by atoms with Crippen LogP contribution in [0.2, 0.25) is 5.02 Å². The van der Waals surface area contributed by atoms with E-state index in [2.05, 4.69) is 5.16 Å². The van der Waals surface area contributed by atoms with E-state index >= 15 is 0 Å². The number of hydrogen-bond acceptors (Lipinski definition) is 5. The third-order valence-electron chi connectivity index (χ3n) is 6.08. The molecule has 0 saturated carbocycles. The van der Waals surface area contributed by atoms with Crippen molar-refractivity contribution >= 4 is 44.9 Å². The van der Waals surface area contributed by atoms with Crippen LogP contribution in [0.3, 0.4) is 0 Å². The van der Waals surface area contributed by atoms with Gasteiger partial charge < -0.3 is 5.21 Å². The second-order valence-corrected chi connectivity index (χ2v) is 9.12. The van der Waals surface area contributed by atoms with Crippen molar-refractivity contribution in [2.24, 2.45) is 15.6 Å². The molecule has 0 aromatic heterocycles. The van der Waals surface area contributed by atoms with Crippen LogP contribution in [0.1, 0.15) is 33.8 Å². The normalized spacial score (nSPS) is 25.3. The third-order valence-corrected chi connectivity index (χ3v) is 7.60. The van der Waals surface area contributed by atoms with E-state index in [9.17, 15) is 10.0 Å². The van der Waals surface area contributed by atoms with Crippen LogP contribution in [0.5, 0.6) is 0 Å². The molecular weight excluding hydrogens is 428 g/mol. The zero-order chi connectivity index (χ0) is 21.4. The summed E-state index contributed by atoms with van der Waals surface area (Å²) in [5, 5.41) is 15.2. The fourth-order valence-corrected chi connectivity index (χ4v) is 6.21. The van der Waals surface area contributed by atoms with E-state index in [1.807, 2.05) is 72.8 Å². The molecule has 0 unspecified atom stereocenters. The van der Waals surface area contributed by atoms with Gasteiger partial charge in [-0.1, -0.05) is 89.2 Å². The summed E-state index contributed by atoms with van der Waals surface area (Å²) in [4.78, 5) is 19.0. The molecule has 6 heteroatoms. The van der Waals surface area contributed by atoms with E-state index in [1.54, 1.807) is 6.07 Å². The second kappa shape index (κ2) is 7.98. The number of nitrogens with zero attached hydrogens (tertiary/aromatic N) is 2. The maximum atomic E-state index is 14.1. The number of carbonyl (C=O) groups excluding carboxylic acids is 1. The molecule has 1 spiro atoms. The molecule has 154 valence electrons. The molecule has 1 fully saturated rings. The van der Waals surface area contributed by atoms with Gasteiger partial charge in [-0.2, -0.15) is 0 Å². The van der Waals surface area contributed by atoms with Gasteiger partial charge in [0.1, 0.15) is 5.04 Å². The minimum atomic E-state index is -0.971. The highest BCUT2D eigenvalue weighted by molar-refractivity contribution is 8.27. The maximum Gasteiger partial charge on any atom is 0.176 e. The quantitative estimate of drug-likeness (QED) is 0.360. The minimum Gasteiger partial charge on any atom is -0.410 e. The van der Waals surface area contributed by atoms with Gasteiger partial charge in [-0.25, -0.2) is 4.99 Å². The minimum absolute atomic E-state index is 0.0000934. The predicted octanol–water partition coefficient (Wildman–Crippen LogP) is 6.50. The molecule has 1 heterocycles. The molecule has 3 aromatic rings. The fourth-order valence-electron chi connectivity index (χ4n) is 4.64. The van der Waals surface area contributed by atoms with E-state index in [4.69, 9.17) is 16.6 Å². The Hall–Kier alpha value is -2.89. The van der Waals surface area contributed by atoms with Crippen molar-refractivity contribution in [3.8, 4) is 0 Å². The number of aryl methyl sites for hydroxylation is 1. The first-order valence-corrected chi connectivity index (χ1v) is 11.3. The van der Waals surface area contributed by atoms with Crippen molar-refractivity contribution in [1.82, 2.24) is 0 Å². The van der Waals surface area contributed by atoms with Gasteiger partial charge in [0.25, 0.3) is 0 Å². The molecule has 4 nitrogen and oxygen atoms in total.